The zero-order chi connectivity index (χ0) is 15.6. The summed E-state index contributed by atoms with van der Waals surface area (Å²) in [5.74, 6) is -11.4. The maximum Gasteiger partial charge on any atom is 0.269 e. The Balaban J connectivity index is 2.23. The molecule has 0 spiro atoms. The molecule has 8 heteroatoms. The van der Waals surface area contributed by atoms with Gasteiger partial charge in [-0.1, -0.05) is 18.2 Å². The molecule has 2 rings (SSSR count). The average Bonchev–Trinajstić information content (AvgIpc) is 2.51. The first-order valence-electron chi connectivity index (χ1n) is 5.56. The summed E-state index contributed by atoms with van der Waals surface area (Å²) in [6.45, 7) is 0. The Kier molecular flexibility index (Phi) is 4.06. The van der Waals surface area contributed by atoms with Gasteiger partial charge >= 0.3 is 0 Å². The minimum atomic E-state index is -2.27. The highest BCUT2D eigenvalue weighted by atomic mass is 19.2. The van der Waals surface area contributed by atoms with Gasteiger partial charge in [0.1, 0.15) is 5.69 Å². The smallest absolute Gasteiger partial charge is 0.269 e. The Morgan fingerprint density at radius 2 is 1.24 bits per heavy atom. The third-order valence-corrected chi connectivity index (χ3v) is 2.55. The lowest BCUT2D eigenvalue weighted by molar-refractivity contribution is 0.0962. The number of benzene rings is 2. The van der Waals surface area contributed by atoms with Crippen LogP contribution in [0.15, 0.2) is 30.3 Å². The molecular weight excluding hydrogens is 295 g/mol. The number of halogens is 5. The zero-order valence-electron chi connectivity index (χ0n) is 10.2. The van der Waals surface area contributed by atoms with Crippen LogP contribution in [0.1, 0.15) is 10.4 Å². The first-order chi connectivity index (χ1) is 9.93. The monoisotopic (exact) mass is 302 g/mol. The standard InChI is InChI=1S/C13H7F5N2O/c14-7-8(15)10(17)12(11(18)9(7)16)19-20-13(21)6-4-2-1-3-5-6/h1-5,19H,(H,20,21). The largest absolute Gasteiger partial charge is 0.293 e. The number of amides is 1. The van der Waals surface area contributed by atoms with Gasteiger partial charge in [0.2, 0.25) is 5.82 Å². The molecule has 0 heterocycles. The third-order valence-electron chi connectivity index (χ3n) is 2.55. The van der Waals surface area contributed by atoms with E-state index in [2.05, 4.69) is 0 Å². The van der Waals surface area contributed by atoms with Gasteiger partial charge in [-0.05, 0) is 12.1 Å². The molecule has 0 fully saturated rings. The Morgan fingerprint density at radius 3 is 1.76 bits per heavy atom. The molecule has 2 N–H and O–H groups in total. The highest BCUT2D eigenvalue weighted by molar-refractivity contribution is 5.94. The fourth-order valence-electron chi connectivity index (χ4n) is 1.50. The Bertz CT molecular complexity index is 662. The van der Waals surface area contributed by atoms with E-state index in [9.17, 15) is 26.7 Å². The molecule has 3 nitrogen and oxygen atoms in total. The number of hydrogen-bond donors (Lipinski definition) is 2. The third kappa shape index (κ3) is 2.78. The van der Waals surface area contributed by atoms with Crippen LogP contribution in [-0.4, -0.2) is 5.91 Å². The van der Waals surface area contributed by atoms with Crippen LogP contribution < -0.4 is 10.9 Å². The quantitative estimate of drug-likeness (QED) is 0.396. The number of anilines is 1. The van der Waals surface area contributed by atoms with E-state index >= 15 is 0 Å². The number of carbonyl (C=O) groups is 1. The van der Waals surface area contributed by atoms with E-state index in [1.165, 1.54) is 24.3 Å². The Hall–Kier alpha value is -2.64. The lowest BCUT2D eigenvalue weighted by Crippen LogP contribution is -2.30. The molecule has 21 heavy (non-hydrogen) atoms. The predicted molar refractivity (Wildman–Crippen MR) is 63.8 cm³/mol. The Labute approximate surface area is 115 Å². The second-order valence-corrected chi connectivity index (χ2v) is 3.89. The van der Waals surface area contributed by atoms with Gasteiger partial charge in [-0.25, -0.2) is 22.0 Å². The molecule has 0 aliphatic carbocycles. The average molecular weight is 302 g/mol. The minimum absolute atomic E-state index is 0.133. The van der Waals surface area contributed by atoms with Crippen LogP contribution >= 0.6 is 0 Å². The fourth-order valence-corrected chi connectivity index (χ4v) is 1.50. The van der Waals surface area contributed by atoms with Crippen LogP contribution in [0.3, 0.4) is 0 Å². The summed E-state index contributed by atoms with van der Waals surface area (Å²) in [6.07, 6.45) is 0. The number of hydrazine groups is 1. The van der Waals surface area contributed by atoms with Gasteiger partial charge in [0.05, 0.1) is 0 Å². The van der Waals surface area contributed by atoms with Crippen LogP contribution in [-0.2, 0) is 0 Å². The van der Waals surface area contributed by atoms with Gasteiger partial charge < -0.3 is 0 Å². The van der Waals surface area contributed by atoms with Crippen molar-refractivity contribution in [3.63, 3.8) is 0 Å². The first kappa shape index (κ1) is 14.8. The van der Waals surface area contributed by atoms with Crippen LogP contribution in [0, 0.1) is 29.1 Å². The summed E-state index contributed by atoms with van der Waals surface area (Å²) in [7, 11) is 0. The molecule has 0 bridgehead atoms. The van der Waals surface area contributed by atoms with E-state index in [4.69, 9.17) is 0 Å². The highest BCUT2D eigenvalue weighted by Crippen LogP contribution is 2.26. The summed E-state index contributed by atoms with van der Waals surface area (Å²) < 4.78 is 65.3. The van der Waals surface area contributed by atoms with E-state index in [0.717, 1.165) is 0 Å². The topological polar surface area (TPSA) is 41.1 Å². The van der Waals surface area contributed by atoms with Crippen LogP contribution in [0.2, 0.25) is 0 Å². The summed E-state index contributed by atoms with van der Waals surface area (Å²) in [4.78, 5) is 11.6. The maximum atomic E-state index is 13.3. The normalized spacial score (nSPS) is 10.3. The fraction of sp³-hybridized carbons (Fsp3) is 0. The van der Waals surface area contributed by atoms with Gasteiger partial charge in [-0.3, -0.25) is 15.6 Å². The van der Waals surface area contributed by atoms with E-state index in [1.54, 1.807) is 11.5 Å². The number of carbonyl (C=O) groups excluding carboxylic acids is 1. The van der Waals surface area contributed by atoms with Crippen molar-refractivity contribution in [3.05, 3.63) is 65.0 Å². The van der Waals surface area contributed by atoms with Crippen LogP contribution in [0.4, 0.5) is 27.6 Å². The SMILES string of the molecule is O=C(NNc1c(F)c(F)c(F)c(F)c1F)c1ccccc1. The zero-order valence-corrected chi connectivity index (χ0v) is 10.2. The molecule has 2 aromatic rings. The van der Waals surface area contributed by atoms with Crippen molar-refractivity contribution in [2.45, 2.75) is 0 Å². The molecule has 0 unspecified atom stereocenters. The molecule has 0 radical (unpaired) electrons. The van der Waals surface area contributed by atoms with E-state index in [1.807, 2.05) is 5.43 Å². The van der Waals surface area contributed by atoms with Crippen molar-refractivity contribution in [1.82, 2.24) is 5.43 Å². The molecule has 0 aliphatic heterocycles. The number of rotatable bonds is 3. The molecule has 1 amide bonds. The van der Waals surface area contributed by atoms with Gasteiger partial charge in [-0.15, -0.1) is 0 Å². The van der Waals surface area contributed by atoms with Gasteiger partial charge in [0.25, 0.3) is 5.91 Å². The maximum absolute atomic E-state index is 13.3. The molecule has 0 aromatic heterocycles. The van der Waals surface area contributed by atoms with Crippen molar-refractivity contribution in [1.29, 1.82) is 0 Å². The molecule has 0 aliphatic rings. The number of nitrogens with one attached hydrogen (secondary N) is 2. The van der Waals surface area contributed by atoms with Crippen molar-refractivity contribution in [3.8, 4) is 0 Å². The summed E-state index contributed by atoms with van der Waals surface area (Å²) in [5.41, 5.74) is 2.33. The molecular formula is C13H7F5N2O. The van der Waals surface area contributed by atoms with E-state index < -0.39 is 40.7 Å². The van der Waals surface area contributed by atoms with Crippen LogP contribution in [0.5, 0.6) is 0 Å². The Morgan fingerprint density at radius 1 is 0.762 bits per heavy atom. The van der Waals surface area contributed by atoms with Gasteiger partial charge in [-0.2, -0.15) is 0 Å². The lowest BCUT2D eigenvalue weighted by Gasteiger charge is -2.11. The molecule has 0 saturated carbocycles. The second kappa shape index (κ2) is 5.78. The molecule has 110 valence electrons. The molecule has 2 aromatic carbocycles. The van der Waals surface area contributed by atoms with Crippen LogP contribution in [0.25, 0.3) is 0 Å². The molecule has 0 atom stereocenters. The van der Waals surface area contributed by atoms with Crippen molar-refractivity contribution < 1.29 is 26.7 Å². The summed E-state index contributed by atoms with van der Waals surface area (Å²) in [5, 5.41) is 0. The predicted octanol–water partition coefficient (Wildman–Crippen LogP) is 3.14. The van der Waals surface area contributed by atoms with E-state index in [-0.39, 0.29) is 5.56 Å². The van der Waals surface area contributed by atoms with Crippen molar-refractivity contribution in [2.75, 3.05) is 5.43 Å². The second-order valence-electron chi connectivity index (χ2n) is 3.89. The minimum Gasteiger partial charge on any atom is -0.293 e. The first-order valence-corrected chi connectivity index (χ1v) is 5.56. The van der Waals surface area contributed by atoms with Gasteiger partial charge in [0, 0.05) is 5.56 Å². The highest BCUT2D eigenvalue weighted by Gasteiger charge is 2.26. The van der Waals surface area contributed by atoms with Crippen molar-refractivity contribution >= 4 is 11.6 Å². The lowest BCUT2D eigenvalue weighted by atomic mass is 10.2. The van der Waals surface area contributed by atoms with Gasteiger partial charge in [0.15, 0.2) is 23.3 Å². The summed E-state index contributed by atoms with van der Waals surface area (Å²) in [6, 6.07) is 7.50. The number of hydrogen-bond acceptors (Lipinski definition) is 2. The summed E-state index contributed by atoms with van der Waals surface area (Å²) >= 11 is 0. The van der Waals surface area contributed by atoms with Crippen molar-refractivity contribution in [2.24, 2.45) is 0 Å². The molecule has 0 saturated heterocycles. The van der Waals surface area contributed by atoms with E-state index in [0.29, 0.717) is 0 Å².